The Morgan fingerprint density at radius 3 is 2.88 bits per heavy atom. The molecular formula is C19H30ClN3O2. The molecule has 0 saturated carbocycles. The molecule has 0 aromatic heterocycles. The Bertz CT molecular complexity index is 516. The first-order valence-electron chi connectivity index (χ1n) is 9.08. The van der Waals surface area contributed by atoms with Gasteiger partial charge in [-0.2, -0.15) is 0 Å². The van der Waals surface area contributed by atoms with Crippen LogP contribution in [0.2, 0.25) is 5.02 Å². The van der Waals surface area contributed by atoms with E-state index in [1.54, 1.807) is 0 Å². The van der Waals surface area contributed by atoms with Gasteiger partial charge in [-0.05, 0) is 37.5 Å². The van der Waals surface area contributed by atoms with Gasteiger partial charge < -0.3 is 19.7 Å². The molecule has 1 atom stereocenters. The molecule has 1 aromatic rings. The molecule has 1 N–H and O–H groups in total. The Kier molecular flexibility index (Phi) is 9.08. The van der Waals surface area contributed by atoms with Gasteiger partial charge in [-0.1, -0.05) is 23.7 Å². The van der Waals surface area contributed by atoms with Crippen LogP contribution >= 0.6 is 11.6 Å². The minimum atomic E-state index is 0.575. The lowest BCUT2D eigenvalue weighted by Crippen LogP contribution is -2.38. The number of rotatable bonds is 9. The van der Waals surface area contributed by atoms with Gasteiger partial charge in [-0.15, -0.1) is 0 Å². The van der Waals surface area contributed by atoms with Gasteiger partial charge in [-0.3, -0.25) is 4.99 Å². The van der Waals surface area contributed by atoms with Crippen LogP contribution in [0.25, 0.3) is 0 Å². The number of benzene rings is 1. The lowest BCUT2D eigenvalue weighted by Gasteiger charge is -2.22. The minimum absolute atomic E-state index is 0.575. The molecule has 6 heteroatoms. The van der Waals surface area contributed by atoms with E-state index in [1.807, 2.05) is 31.3 Å². The average Bonchev–Trinajstić information content (AvgIpc) is 3.12. The molecule has 140 valence electrons. The Labute approximate surface area is 156 Å². The van der Waals surface area contributed by atoms with E-state index in [1.165, 1.54) is 5.56 Å². The van der Waals surface area contributed by atoms with Crippen molar-refractivity contribution in [3.8, 4) is 0 Å². The van der Waals surface area contributed by atoms with Crippen molar-refractivity contribution in [2.24, 2.45) is 10.9 Å². The Hall–Kier alpha value is -1.30. The normalized spacial score (nSPS) is 17.7. The van der Waals surface area contributed by atoms with Gasteiger partial charge in [0.15, 0.2) is 5.96 Å². The molecule has 5 nitrogen and oxygen atoms in total. The van der Waals surface area contributed by atoms with Crippen molar-refractivity contribution >= 4 is 17.6 Å². The van der Waals surface area contributed by atoms with Gasteiger partial charge in [0.1, 0.15) is 0 Å². The fraction of sp³-hybridized carbons (Fsp3) is 0.632. The first kappa shape index (κ1) is 20.0. The van der Waals surface area contributed by atoms with Crippen LogP contribution in [-0.2, 0) is 16.0 Å². The van der Waals surface area contributed by atoms with Crippen LogP contribution in [0, 0.1) is 5.92 Å². The maximum atomic E-state index is 5.94. The van der Waals surface area contributed by atoms with Crippen molar-refractivity contribution in [2.75, 3.05) is 46.6 Å². The van der Waals surface area contributed by atoms with E-state index < -0.39 is 0 Å². The molecule has 0 spiro atoms. The monoisotopic (exact) mass is 367 g/mol. The highest BCUT2D eigenvalue weighted by molar-refractivity contribution is 6.30. The summed E-state index contributed by atoms with van der Waals surface area (Å²) >= 11 is 5.94. The molecule has 25 heavy (non-hydrogen) atoms. The number of nitrogens with zero attached hydrogens (tertiary/aromatic N) is 2. The lowest BCUT2D eigenvalue weighted by molar-refractivity contribution is 0.0893. The fourth-order valence-corrected chi connectivity index (χ4v) is 2.85. The summed E-state index contributed by atoms with van der Waals surface area (Å²) in [5.41, 5.74) is 1.21. The van der Waals surface area contributed by atoms with Crippen LogP contribution in [-0.4, -0.2) is 57.4 Å². The number of hydrogen-bond donors (Lipinski definition) is 1. The molecule has 0 radical (unpaired) electrons. The van der Waals surface area contributed by atoms with E-state index in [9.17, 15) is 0 Å². The standard InChI is InChI=1S/C19H30ClN3O2/c1-3-21-19(23(2)13-16-5-7-18(20)8-6-16)22-10-4-11-24-14-17-9-12-25-15-17/h5-8,17H,3-4,9-15H2,1-2H3,(H,21,22). The summed E-state index contributed by atoms with van der Waals surface area (Å²) < 4.78 is 11.1. The van der Waals surface area contributed by atoms with E-state index >= 15 is 0 Å². The van der Waals surface area contributed by atoms with Crippen molar-refractivity contribution in [1.29, 1.82) is 0 Å². The molecular weight excluding hydrogens is 338 g/mol. The molecule has 2 rings (SSSR count). The van der Waals surface area contributed by atoms with Crippen LogP contribution in [0.4, 0.5) is 0 Å². The highest BCUT2D eigenvalue weighted by Gasteiger charge is 2.15. The predicted molar refractivity (Wildman–Crippen MR) is 103 cm³/mol. The molecule has 1 heterocycles. The number of halogens is 1. The van der Waals surface area contributed by atoms with Crippen LogP contribution in [0.5, 0.6) is 0 Å². The van der Waals surface area contributed by atoms with Crippen LogP contribution < -0.4 is 5.32 Å². The molecule has 1 aliphatic rings. The van der Waals surface area contributed by atoms with Crippen molar-refractivity contribution in [3.63, 3.8) is 0 Å². The zero-order valence-corrected chi connectivity index (χ0v) is 16.1. The lowest BCUT2D eigenvalue weighted by atomic mass is 10.1. The van der Waals surface area contributed by atoms with E-state index in [0.717, 1.165) is 69.9 Å². The van der Waals surface area contributed by atoms with Crippen LogP contribution in [0.1, 0.15) is 25.3 Å². The van der Waals surface area contributed by atoms with E-state index in [2.05, 4.69) is 17.1 Å². The van der Waals surface area contributed by atoms with Crippen LogP contribution in [0.3, 0.4) is 0 Å². The number of hydrogen-bond acceptors (Lipinski definition) is 3. The molecule has 1 fully saturated rings. The third kappa shape index (κ3) is 7.63. The smallest absolute Gasteiger partial charge is 0.193 e. The topological polar surface area (TPSA) is 46.1 Å². The summed E-state index contributed by atoms with van der Waals surface area (Å²) in [4.78, 5) is 6.83. The molecule has 1 aliphatic heterocycles. The summed E-state index contributed by atoms with van der Waals surface area (Å²) in [7, 11) is 2.05. The highest BCUT2D eigenvalue weighted by Crippen LogP contribution is 2.12. The Morgan fingerprint density at radius 2 is 2.20 bits per heavy atom. The van der Waals surface area contributed by atoms with E-state index in [-0.39, 0.29) is 0 Å². The van der Waals surface area contributed by atoms with Crippen molar-refractivity contribution in [1.82, 2.24) is 10.2 Å². The average molecular weight is 368 g/mol. The molecule has 0 aliphatic carbocycles. The van der Waals surface area contributed by atoms with Gasteiger partial charge in [0.05, 0.1) is 13.2 Å². The fourth-order valence-electron chi connectivity index (χ4n) is 2.72. The maximum absolute atomic E-state index is 5.94. The predicted octanol–water partition coefficient (Wildman–Crippen LogP) is 3.18. The van der Waals surface area contributed by atoms with Gasteiger partial charge >= 0.3 is 0 Å². The summed E-state index contributed by atoms with van der Waals surface area (Å²) in [5, 5.41) is 4.10. The number of nitrogens with one attached hydrogen (secondary N) is 1. The van der Waals surface area contributed by atoms with Gasteiger partial charge in [0.25, 0.3) is 0 Å². The second kappa shape index (κ2) is 11.3. The Morgan fingerprint density at radius 1 is 1.40 bits per heavy atom. The molecule has 0 bridgehead atoms. The summed E-state index contributed by atoms with van der Waals surface area (Å²) in [6.45, 7) is 7.76. The van der Waals surface area contributed by atoms with Crippen molar-refractivity contribution in [3.05, 3.63) is 34.9 Å². The summed E-state index contributed by atoms with van der Waals surface area (Å²) in [6.07, 6.45) is 2.05. The van der Waals surface area contributed by atoms with Gasteiger partial charge in [-0.25, -0.2) is 0 Å². The van der Waals surface area contributed by atoms with Crippen molar-refractivity contribution < 1.29 is 9.47 Å². The second-order valence-electron chi connectivity index (χ2n) is 6.38. The Balaban J connectivity index is 1.71. The minimum Gasteiger partial charge on any atom is -0.381 e. The summed E-state index contributed by atoms with van der Waals surface area (Å²) in [5.74, 6) is 1.49. The first-order chi connectivity index (χ1) is 12.2. The van der Waals surface area contributed by atoms with Crippen LogP contribution in [0.15, 0.2) is 29.3 Å². The second-order valence-corrected chi connectivity index (χ2v) is 6.81. The molecule has 0 amide bonds. The quantitative estimate of drug-likeness (QED) is 0.413. The zero-order valence-electron chi connectivity index (χ0n) is 15.3. The first-order valence-corrected chi connectivity index (χ1v) is 9.46. The molecule has 1 unspecified atom stereocenters. The van der Waals surface area contributed by atoms with E-state index in [4.69, 9.17) is 26.1 Å². The largest absolute Gasteiger partial charge is 0.381 e. The molecule has 1 saturated heterocycles. The van der Waals surface area contributed by atoms with Gasteiger partial charge in [0, 0.05) is 50.8 Å². The number of aliphatic imine (C=N–C) groups is 1. The third-order valence-corrected chi connectivity index (χ3v) is 4.37. The SMILES string of the molecule is CCNC(=NCCCOCC1CCOC1)N(C)Cc1ccc(Cl)cc1. The van der Waals surface area contributed by atoms with Gasteiger partial charge in [0.2, 0.25) is 0 Å². The molecule has 1 aromatic carbocycles. The third-order valence-electron chi connectivity index (χ3n) is 4.12. The summed E-state index contributed by atoms with van der Waals surface area (Å²) in [6, 6.07) is 7.93. The maximum Gasteiger partial charge on any atom is 0.193 e. The number of guanidine groups is 1. The van der Waals surface area contributed by atoms with E-state index in [0.29, 0.717) is 5.92 Å². The highest BCUT2D eigenvalue weighted by atomic mass is 35.5. The zero-order chi connectivity index (χ0) is 17.9. The van der Waals surface area contributed by atoms with Crippen molar-refractivity contribution in [2.45, 2.75) is 26.3 Å². The number of ether oxygens (including phenoxy) is 2.